The molecule has 3 heterocycles. The zero-order chi connectivity index (χ0) is 18.0. The first-order chi connectivity index (χ1) is 12.6. The molecular formula is C18H15N3O4S. The van der Waals surface area contributed by atoms with Crippen molar-refractivity contribution in [2.75, 3.05) is 0 Å². The first-order valence-electron chi connectivity index (χ1n) is 7.83. The standard InChI is InChI=1S/C18H15N3O4S/c22-26(23,17-5-2-15(3-6-17)21-10-1-9-19-21)20-12-16-4-7-18(25-16)14-8-11-24-13-14/h1-11,13,20H,12H2. The van der Waals surface area contributed by atoms with Crippen molar-refractivity contribution in [1.29, 1.82) is 0 Å². The molecule has 4 aromatic rings. The number of hydrogen-bond donors (Lipinski definition) is 1. The fraction of sp³-hybridized carbons (Fsp3) is 0.0556. The van der Waals surface area contributed by atoms with Crippen LogP contribution in [0.15, 0.2) is 87.2 Å². The van der Waals surface area contributed by atoms with Crippen LogP contribution in [0.2, 0.25) is 0 Å². The summed E-state index contributed by atoms with van der Waals surface area (Å²) < 4.78 is 39.7. The van der Waals surface area contributed by atoms with Gasteiger partial charge in [0.15, 0.2) is 0 Å². The molecule has 0 spiro atoms. The van der Waals surface area contributed by atoms with Crippen LogP contribution in [0, 0.1) is 0 Å². The lowest BCUT2D eigenvalue weighted by Crippen LogP contribution is -2.23. The molecular weight excluding hydrogens is 354 g/mol. The third kappa shape index (κ3) is 3.32. The smallest absolute Gasteiger partial charge is 0.240 e. The minimum Gasteiger partial charge on any atom is -0.472 e. The summed E-state index contributed by atoms with van der Waals surface area (Å²) in [4.78, 5) is 0.176. The maximum absolute atomic E-state index is 12.4. The van der Waals surface area contributed by atoms with Gasteiger partial charge in [-0.05, 0) is 48.5 Å². The summed E-state index contributed by atoms with van der Waals surface area (Å²) >= 11 is 0. The molecule has 132 valence electrons. The first-order valence-corrected chi connectivity index (χ1v) is 9.31. The molecule has 0 radical (unpaired) electrons. The van der Waals surface area contributed by atoms with Gasteiger partial charge in [0, 0.05) is 12.4 Å². The number of furan rings is 2. The van der Waals surface area contributed by atoms with Gasteiger partial charge in [-0.2, -0.15) is 5.10 Å². The summed E-state index contributed by atoms with van der Waals surface area (Å²) in [7, 11) is -3.65. The summed E-state index contributed by atoms with van der Waals surface area (Å²) in [5, 5.41) is 4.11. The van der Waals surface area contributed by atoms with Crippen LogP contribution in [0.4, 0.5) is 0 Å². The van der Waals surface area contributed by atoms with E-state index in [1.165, 1.54) is 0 Å². The van der Waals surface area contributed by atoms with Gasteiger partial charge in [-0.3, -0.25) is 0 Å². The minimum atomic E-state index is -3.65. The molecule has 0 saturated heterocycles. The molecule has 0 atom stereocenters. The largest absolute Gasteiger partial charge is 0.472 e. The topological polar surface area (TPSA) is 90.3 Å². The average molecular weight is 369 g/mol. The third-order valence-electron chi connectivity index (χ3n) is 3.82. The monoisotopic (exact) mass is 369 g/mol. The molecule has 7 nitrogen and oxygen atoms in total. The Morgan fingerprint density at radius 3 is 2.62 bits per heavy atom. The Balaban J connectivity index is 1.45. The normalized spacial score (nSPS) is 11.7. The molecule has 0 aliphatic carbocycles. The lowest BCUT2D eigenvalue weighted by molar-refractivity contribution is 0.507. The van der Waals surface area contributed by atoms with Gasteiger partial charge in [-0.25, -0.2) is 17.8 Å². The van der Waals surface area contributed by atoms with Gasteiger partial charge in [-0.1, -0.05) is 0 Å². The average Bonchev–Trinajstić information content (AvgIpc) is 3.42. The molecule has 0 unspecified atom stereocenters. The van der Waals surface area contributed by atoms with Crippen LogP contribution in [-0.4, -0.2) is 18.2 Å². The van der Waals surface area contributed by atoms with Crippen LogP contribution in [0.1, 0.15) is 5.76 Å². The van der Waals surface area contributed by atoms with Gasteiger partial charge in [0.1, 0.15) is 17.8 Å². The SMILES string of the molecule is O=S(=O)(NCc1ccc(-c2ccoc2)o1)c1ccc(-n2cccn2)cc1. The highest BCUT2D eigenvalue weighted by Gasteiger charge is 2.15. The van der Waals surface area contributed by atoms with E-state index in [-0.39, 0.29) is 11.4 Å². The Labute approximate surface area is 149 Å². The van der Waals surface area contributed by atoms with Gasteiger partial charge in [0.2, 0.25) is 10.0 Å². The van der Waals surface area contributed by atoms with E-state index in [9.17, 15) is 8.42 Å². The molecule has 26 heavy (non-hydrogen) atoms. The number of rotatable bonds is 6. The van der Waals surface area contributed by atoms with Gasteiger partial charge in [0.25, 0.3) is 0 Å². The first kappa shape index (κ1) is 16.4. The van der Waals surface area contributed by atoms with Crippen molar-refractivity contribution in [2.24, 2.45) is 0 Å². The van der Waals surface area contributed by atoms with E-state index in [2.05, 4.69) is 9.82 Å². The third-order valence-corrected chi connectivity index (χ3v) is 5.24. The number of nitrogens with zero attached hydrogens (tertiary/aromatic N) is 2. The molecule has 8 heteroatoms. The summed E-state index contributed by atoms with van der Waals surface area (Å²) in [6, 6.07) is 13.5. The molecule has 1 N–H and O–H groups in total. The van der Waals surface area contributed by atoms with E-state index in [1.54, 1.807) is 78.1 Å². The number of sulfonamides is 1. The number of aromatic nitrogens is 2. The quantitative estimate of drug-likeness (QED) is 0.564. The number of benzene rings is 1. The fourth-order valence-corrected chi connectivity index (χ4v) is 3.48. The molecule has 0 amide bonds. The summed E-state index contributed by atoms with van der Waals surface area (Å²) in [6.07, 6.45) is 6.56. The Hall–Kier alpha value is -3.10. The Morgan fingerprint density at radius 2 is 1.92 bits per heavy atom. The Kier molecular flexibility index (Phi) is 4.19. The second-order valence-corrected chi connectivity index (χ2v) is 7.31. The molecule has 3 aromatic heterocycles. The zero-order valence-electron chi connectivity index (χ0n) is 13.6. The second-order valence-electron chi connectivity index (χ2n) is 5.55. The van der Waals surface area contributed by atoms with Crippen molar-refractivity contribution in [3.63, 3.8) is 0 Å². The second kappa shape index (κ2) is 6.66. The van der Waals surface area contributed by atoms with Gasteiger partial charge < -0.3 is 8.83 Å². The van der Waals surface area contributed by atoms with Crippen LogP contribution in [0.5, 0.6) is 0 Å². The molecule has 1 aromatic carbocycles. The molecule has 4 rings (SSSR count). The van der Waals surface area contributed by atoms with Crippen molar-refractivity contribution in [1.82, 2.24) is 14.5 Å². The van der Waals surface area contributed by atoms with E-state index in [0.717, 1.165) is 11.3 Å². The maximum Gasteiger partial charge on any atom is 0.240 e. The van der Waals surface area contributed by atoms with Crippen molar-refractivity contribution >= 4 is 10.0 Å². The van der Waals surface area contributed by atoms with Crippen LogP contribution < -0.4 is 4.72 Å². The highest BCUT2D eigenvalue weighted by atomic mass is 32.2. The predicted octanol–water partition coefficient (Wildman–Crippen LogP) is 3.20. The Morgan fingerprint density at radius 1 is 1.08 bits per heavy atom. The van der Waals surface area contributed by atoms with E-state index in [0.29, 0.717) is 11.5 Å². The fourth-order valence-electron chi connectivity index (χ4n) is 2.48. The van der Waals surface area contributed by atoms with Crippen LogP contribution in [-0.2, 0) is 16.6 Å². The highest BCUT2D eigenvalue weighted by Crippen LogP contribution is 2.22. The maximum atomic E-state index is 12.4. The molecule has 0 saturated carbocycles. The summed E-state index contributed by atoms with van der Waals surface area (Å²) in [5.41, 5.74) is 1.58. The number of hydrogen-bond acceptors (Lipinski definition) is 5. The predicted molar refractivity (Wildman–Crippen MR) is 94.0 cm³/mol. The van der Waals surface area contributed by atoms with Gasteiger partial charge in [-0.15, -0.1) is 0 Å². The van der Waals surface area contributed by atoms with Crippen LogP contribution in [0.3, 0.4) is 0 Å². The minimum absolute atomic E-state index is 0.0566. The van der Waals surface area contributed by atoms with E-state index >= 15 is 0 Å². The Bertz CT molecular complexity index is 1080. The van der Waals surface area contributed by atoms with E-state index in [4.69, 9.17) is 8.83 Å². The van der Waals surface area contributed by atoms with Crippen LogP contribution >= 0.6 is 0 Å². The molecule has 0 fully saturated rings. The van der Waals surface area contributed by atoms with Crippen LogP contribution in [0.25, 0.3) is 17.0 Å². The highest BCUT2D eigenvalue weighted by molar-refractivity contribution is 7.89. The molecule has 0 bridgehead atoms. The lowest BCUT2D eigenvalue weighted by Gasteiger charge is -2.07. The van der Waals surface area contributed by atoms with E-state index in [1.807, 2.05) is 0 Å². The van der Waals surface area contributed by atoms with Crippen molar-refractivity contribution < 1.29 is 17.3 Å². The van der Waals surface area contributed by atoms with Gasteiger partial charge >= 0.3 is 0 Å². The molecule has 0 aliphatic rings. The van der Waals surface area contributed by atoms with Gasteiger partial charge in [0.05, 0.1) is 29.0 Å². The van der Waals surface area contributed by atoms with E-state index < -0.39 is 10.0 Å². The number of nitrogens with one attached hydrogen (secondary N) is 1. The zero-order valence-corrected chi connectivity index (χ0v) is 14.4. The molecule has 0 aliphatic heterocycles. The summed E-state index contributed by atoms with van der Waals surface area (Å²) in [5.74, 6) is 1.13. The van der Waals surface area contributed by atoms with Crippen molar-refractivity contribution in [3.05, 3.63) is 79.2 Å². The van der Waals surface area contributed by atoms with Crippen molar-refractivity contribution in [3.8, 4) is 17.0 Å². The lowest BCUT2D eigenvalue weighted by atomic mass is 10.3. The van der Waals surface area contributed by atoms with Crippen molar-refractivity contribution in [2.45, 2.75) is 11.4 Å². The summed E-state index contributed by atoms with van der Waals surface area (Å²) in [6.45, 7) is 0.0566.